The molecule has 29 heavy (non-hydrogen) atoms. The minimum Gasteiger partial charge on any atom is -0.465 e. The van der Waals surface area contributed by atoms with Crippen LogP contribution in [0.4, 0.5) is 0 Å². The maximum absolute atomic E-state index is 11.6. The summed E-state index contributed by atoms with van der Waals surface area (Å²) in [5, 5.41) is 0. The summed E-state index contributed by atoms with van der Waals surface area (Å²) < 4.78 is 4.75. The molecule has 0 amide bonds. The fourth-order valence-corrected chi connectivity index (χ4v) is 3.86. The normalized spacial score (nSPS) is 14.5. The fraction of sp³-hybridized carbons (Fsp3) is 0.148. The molecule has 1 aliphatic carbocycles. The van der Waals surface area contributed by atoms with E-state index in [1.165, 1.54) is 29.4 Å². The Balaban J connectivity index is 1.64. The highest BCUT2D eigenvalue weighted by molar-refractivity contribution is 5.90. The van der Waals surface area contributed by atoms with Crippen molar-refractivity contribution in [2.45, 2.75) is 19.3 Å². The second-order valence-corrected chi connectivity index (χ2v) is 7.90. The van der Waals surface area contributed by atoms with Gasteiger partial charge >= 0.3 is 5.97 Å². The van der Waals surface area contributed by atoms with Crippen LogP contribution in [0.2, 0.25) is 0 Å². The van der Waals surface area contributed by atoms with Gasteiger partial charge in [-0.15, -0.1) is 0 Å². The highest BCUT2D eigenvalue weighted by Gasteiger charge is 2.30. The molecule has 1 aliphatic rings. The summed E-state index contributed by atoms with van der Waals surface area (Å²) in [4.78, 5) is 11.6. The van der Waals surface area contributed by atoms with Gasteiger partial charge in [-0.25, -0.2) is 4.79 Å². The Morgan fingerprint density at radius 1 is 0.862 bits per heavy atom. The smallest absolute Gasteiger partial charge is 0.337 e. The molecule has 0 radical (unpaired) electrons. The quantitative estimate of drug-likeness (QED) is 0.388. The van der Waals surface area contributed by atoms with Gasteiger partial charge < -0.3 is 4.74 Å². The molecule has 0 bridgehead atoms. The van der Waals surface area contributed by atoms with Gasteiger partial charge in [-0.1, -0.05) is 86.7 Å². The number of benzene rings is 3. The molecule has 4 rings (SSSR count). The molecule has 0 aromatic heterocycles. The summed E-state index contributed by atoms with van der Waals surface area (Å²) in [6.45, 7) is 4.53. The van der Waals surface area contributed by atoms with Crippen LogP contribution < -0.4 is 0 Å². The van der Waals surface area contributed by atoms with Crippen molar-refractivity contribution in [2.24, 2.45) is 0 Å². The first-order valence-electron chi connectivity index (χ1n) is 9.77. The van der Waals surface area contributed by atoms with Crippen molar-refractivity contribution in [3.63, 3.8) is 0 Å². The average molecular weight is 380 g/mol. The van der Waals surface area contributed by atoms with Crippen LogP contribution in [0, 0.1) is 0 Å². The van der Waals surface area contributed by atoms with Crippen molar-refractivity contribution in [3.8, 4) is 0 Å². The van der Waals surface area contributed by atoms with Gasteiger partial charge in [0.15, 0.2) is 0 Å². The summed E-state index contributed by atoms with van der Waals surface area (Å²) in [7, 11) is 1.39. The maximum Gasteiger partial charge on any atom is 0.337 e. The number of methoxy groups -OCH3 is 1. The molecule has 3 aromatic carbocycles. The van der Waals surface area contributed by atoms with Crippen LogP contribution in [-0.2, 0) is 10.2 Å². The lowest BCUT2D eigenvalue weighted by Crippen LogP contribution is -2.10. The Morgan fingerprint density at radius 2 is 1.52 bits per heavy atom. The zero-order chi connectivity index (χ0) is 20.4. The topological polar surface area (TPSA) is 26.3 Å². The largest absolute Gasteiger partial charge is 0.465 e. The fourth-order valence-electron chi connectivity index (χ4n) is 3.86. The molecule has 0 unspecified atom stereocenters. The van der Waals surface area contributed by atoms with Crippen molar-refractivity contribution in [1.29, 1.82) is 0 Å². The van der Waals surface area contributed by atoms with Gasteiger partial charge in [-0.05, 0) is 51.6 Å². The predicted molar refractivity (Wildman–Crippen MR) is 120 cm³/mol. The number of hydrogen-bond acceptors (Lipinski definition) is 2. The highest BCUT2D eigenvalue weighted by atomic mass is 16.5. The van der Waals surface area contributed by atoms with Crippen LogP contribution in [0.25, 0.3) is 17.7 Å². The zero-order valence-corrected chi connectivity index (χ0v) is 17.0. The van der Waals surface area contributed by atoms with Gasteiger partial charge in [0.1, 0.15) is 0 Å². The first-order valence-corrected chi connectivity index (χ1v) is 9.77. The van der Waals surface area contributed by atoms with E-state index in [-0.39, 0.29) is 11.4 Å². The number of hydrogen-bond donors (Lipinski definition) is 0. The molecule has 0 saturated carbocycles. The van der Waals surface area contributed by atoms with E-state index in [2.05, 4.69) is 80.6 Å². The van der Waals surface area contributed by atoms with Crippen LogP contribution in [0.1, 0.15) is 52.0 Å². The number of esters is 1. The molecule has 0 saturated heterocycles. The summed E-state index contributed by atoms with van der Waals surface area (Å²) in [5.41, 5.74) is 7.97. The summed E-state index contributed by atoms with van der Waals surface area (Å²) in [6.07, 6.45) is 6.54. The molecule has 2 heteroatoms. The van der Waals surface area contributed by atoms with E-state index >= 15 is 0 Å². The van der Waals surface area contributed by atoms with E-state index in [9.17, 15) is 4.79 Å². The van der Waals surface area contributed by atoms with Crippen molar-refractivity contribution in [2.75, 3.05) is 7.11 Å². The molecule has 144 valence electrons. The SMILES string of the molecule is COC(=O)c1ccc(C=Cc2ccc3c(c2)C(c2ccccc2)=CC3(C)C)cc1. The Bertz CT molecular complexity index is 1100. The van der Waals surface area contributed by atoms with E-state index in [0.29, 0.717) is 5.56 Å². The third kappa shape index (κ3) is 3.79. The molecule has 0 N–H and O–H groups in total. The number of carbonyl (C=O) groups excluding carboxylic acids is 1. The Labute approximate surface area is 172 Å². The van der Waals surface area contributed by atoms with E-state index < -0.39 is 0 Å². The lowest BCUT2D eigenvalue weighted by molar-refractivity contribution is 0.0600. The molecular formula is C27H24O2. The lowest BCUT2D eigenvalue weighted by Gasteiger charge is -2.17. The maximum atomic E-state index is 11.6. The Morgan fingerprint density at radius 3 is 2.21 bits per heavy atom. The van der Waals surface area contributed by atoms with E-state index in [1.54, 1.807) is 12.1 Å². The molecule has 0 spiro atoms. The van der Waals surface area contributed by atoms with Crippen LogP contribution in [0.15, 0.2) is 78.9 Å². The zero-order valence-electron chi connectivity index (χ0n) is 17.0. The standard InChI is InChI=1S/C27H24O2/c1-27(2)18-24(21-7-5-4-6-8-21)23-17-20(13-16-25(23)27)10-9-19-11-14-22(15-12-19)26(28)29-3/h4-18H,1-3H3. The van der Waals surface area contributed by atoms with Crippen molar-refractivity contribution in [1.82, 2.24) is 0 Å². The summed E-state index contributed by atoms with van der Waals surface area (Å²) >= 11 is 0. The second kappa shape index (κ2) is 7.56. The number of ether oxygens (including phenoxy) is 1. The highest BCUT2D eigenvalue weighted by Crippen LogP contribution is 2.43. The van der Waals surface area contributed by atoms with Gasteiger partial charge in [0.05, 0.1) is 12.7 Å². The number of fused-ring (bicyclic) bond motifs is 1. The molecule has 2 nitrogen and oxygen atoms in total. The summed E-state index contributed by atoms with van der Waals surface area (Å²) in [6, 6.07) is 24.7. The number of rotatable bonds is 4. The Kier molecular flexibility index (Phi) is 4.94. The van der Waals surface area contributed by atoms with Gasteiger partial charge in [0.25, 0.3) is 0 Å². The van der Waals surface area contributed by atoms with Crippen LogP contribution in [-0.4, -0.2) is 13.1 Å². The van der Waals surface area contributed by atoms with Gasteiger partial charge in [-0.3, -0.25) is 0 Å². The molecule has 0 aliphatic heterocycles. The first kappa shape index (κ1) is 18.9. The van der Waals surface area contributed by atoms with Crippen molar-refractivity contribution >= 4 is 23.7 Å². The minimum atomic E-state index is -0.318. The van der Waals surface area contributed by atoms with Gasteiger partial charge in [-0.2, -0.15) is 0 Å². The second-order valence-electron chi connectivity index (χ2n) is 7.90. The number of allylic oxidation sites excluding steroid dienone is 1. The van der Waals surface area contributed by atoms with Crippen LogP contribution in [0.3, 0.4) is 0 Å². The van der Waals surface area contributed by atoms with E-state index in [4.69, 9.17) is 4.74 Å². The third-order valence-corrected chi connectivity index (χ3v) is 5.42. The minimum absolute atomic E-state index is 0.0203. The number of carbonyl (C=O) groups is 1. The third-order valence-electron chi connectivity index (χ3n) is 5.42. The molecule has 3 aromatic rings. The van der Waals surface area contributed by atoms with Gasteiger partial charge in [0, 0.05) is 5.41 Å². The van der Waals surface area contributed by atoms with E-state index in [0.717, 1.165) is 11.1 Å². The summed E-state index contributed by atoms with van der Waals surface area (Å²) in [5.74, 6) is -0.318. The van der Waals surface area contributed by atoms with Crippen LogP contribution in [0.5, 0.6) is 0 Å². The Hall–Kier alpha value is -3.39. The van der Waals surface area contributed by atoms with Crippen molar-refractivity contribution < 1.29 is 9.53 Å². The van der Waals surface area contributed by atoms with Crippen molar-refractivity contribution in [3.05, 3.63) is 112 Å². The average Bonchev–Trinajstić information content (AvgIpc) is 3.03. The van der Waals surface area contributed by atoms with E-state index in [1.807, 2.05) is 12.1 Å². The van der Waals surface area contributed by atoms with Crippen LogP contribution >= 0.6 is 0 Å². The lowest BCUT2D eigenvalue weighted by atomic mass is 9.86. The van der Waals surface area contributed by atoms with Gasteiger partial charge in [0.2, 0.25) is 0 Å². The first-order chi connectivity index (χ1) is 14.0. The predicted octanol–water partition coefficient (Wildman–Crippen LogP) is 6.37. The monoisotopic (exact) mass is 380 g/mol. The molecular weight excluding hydrogens is 356 g/mol. The molecule has 0 heterocycles. The molecule has 0 atom stereocenters. The molecule has 0 fully saturated rings.